The first-order valence-corrected chi connectivity index (χ1v) is 10.3. The van der Waals surface area contributed by atoms with Crippen LogP contribution in [0.5, 0.6) is 0 Å². The molecule has 148 valence electrons. The van der Waals surface area contributed by atoms with Gasteiger partial charge in [0.2, 0.25) is 11.8 Å². The Hall–Kier alpha value is -2.04. The summed E-state index contributed by atoms with van der Waals surface area (Å²) < 4.78 is 0. The average Bonchev–Trinajstić information content (AvgIpc) is 2.70. The summed E-state index contributed by atoms with van der Waals surface area (Å²) >= 11 is 12.1. The van der Waals surface area contributed by atoms with Crippen molar-refractivity contribution >= 4 is 35.0 Å². The molecule has 2 amide bonds. The Bertz CT molecular complexity index is 819. The molecule has 6 heteroatoms. The molecule has 1 aliphatic rings. The minimum atomic E-state index is 0.0538. The lowest BCUT2D eigenvalue weighted by atomic mass is 10.0. The predicted molar refractivity (Wildman–Crippen MR) is 113 cm³/mol. The summed E-state index contributed by atoms with van der Waals surface area (Å²) in [5.74, 6) is 0.125. The lowest BCUT2D eigenvalue weighted by Gasteiger charge is -2.32. The van der Waals surface area contributed by atoms with Crippen LogP contribution in [0.3, 0.4) is 0 Å². The van der Waals surface area contributed by atoms with Crippen molar-refractivity contribution in [2.45, 2.75) is 38.1 Å². The van der Waals surface area contributed by atoms with Crippen LogP contribution in [0.15, 0.2) is 48.5 Å². The first-order valence-electron chi connectivity index (χ1n) is 9.56. The highest BCUT2D eigenvalue weighted by atomic mass is 35.5. The van der Waals surface area contributed by atoms with Crippen molar-refractivity contribution in [2.75, 3.05) is 13.1 Å². The molecule has 1 N–H and O–H groups in total. The maximum Gasteiger partial charge on any atom is 0.227 e. The van der Waals surface area contributed by atoms with E-state index in [1.165, 1.54) is 5.56 Å². The summed E-state index contributed by atoms with van der Waals surface area (Å²) in [7, 11) is 0. The van der Waals surface area contributed by atoms with E-state index in [9.17, 15) is 9.59 Å². The second-order valence-electron chi connectivity index (χ2n) is 7.12. The second-order valence-corrected chi connectivity index (χ2v) is 7.96. The molecule has 0 unspecified atom stereocenters. The number of rotatable bonds is 6. The molecule has 0 bridgehead atoms. The van der Waals surface area contributed by atoms with Gasteiger partial charge in [-0.2, -0.15) is 0 Å². The number of nitrogens with zero attached hydrogens (tertiary/aromatic N) is 1. The largest absolute Gasteiger partial charge is 0.353 e. The van der Waals surface area contributed by atoms with Crippen LogP contribution in [0.4, 0.5) is 0 Å². The van der Waals surface area contributed by atoms with Gasteiger partial charge in [0, 0.05) is 35.6 Å². The van der Waals surface area contributed by atoms with E-state index >= 15 is 0 Å². The van der Waals surface area contributed by atoms with Crippen LogP contribution >= 0.6 is 23.2 Å². The normalized spacial score (nSPS) is 14.7. The van der Waals surface area contributed by atoms with Gasteiger partial charge in [0.25, 0.3) is 0 Å². The molecule has 0 radical (unpaired) electrons. The number of carbonyl (C=O) groups excluding carboxylic acids is 2. The summed E-state index contributed by atoms with van der Waals surface area (Å²) in [6.45, 7) is 1.29. The third-order valence-corrected chi connectivity index (χ3v) is 5.64. The summed E-state index contributed by atoms with van der Waals surface area (Å²) in [5.41, 5.74) is 1.95. The van der Waals surface area contributed by atoms with Crippen molar-refractivity contribution in [2.24, 2.45) is 0 Å². The number of benzene rings is 2. The van der Waals surface area contributed by atoms with E-state index in [2.05, 4.69) is 5.32 Å². The maximum absolute atomic E-state index is 12.5. The fourth-order valence-electron chi connectivity index (χ4n) is 3.42. The SMILES string of the molecule is O=C(CCc1ccccc1)NC1CCN(C(=O)Cc2ccc(Cl)cc2Cl)CC1. The minimum Gasteiger partial charge on any atom is -0.353 e. The number of carbonyl (C=O) groups is 2. The number of amides is 2. The Morgan fingerprint density at radius 1 is 1.04 bits per heavy atom. The van der Waals surface area contributed by atoms with Gasteiger partial charge in [-0.3, -0.25) is 9.59 Å². The quantitative estimate of drug-likeness (QED) is 0.760. The topological polar surface area (TPSA) is 49.4 Å². The summed E-state index contributed by atoms with van der Waals surface area (Å²) in [6.07, 6.45) is 3.04. The molecule has 0 atom stereocenters. The fraction of sp³-hybridized carbons (Fsp3) is 0.364. The smallest absolute Gasteiger partial charge is 0.227 e. The molecule has 2 aromatic carbocycles. The van der Waals surface area contributed by atoms with Crippen LogP contribution in [0, 0.1) is 0 Å². The van der Waals surface area contributed by atoms with Crippen LogP contribution in [-0.2, 0) is 22.4 Å². The molecule has 0 aliphatic carbocycles. The Balaban J connectivity index is 1.41. The average molecular weight is 419 g/mol. The zero-order valence-electron chi connectivity index (χ0n) is 15.7. The molecule has 4 nitrogen and oxygen atoms in total. The van der Waals surface area contributed by atoms with Crippen LogP contribution in [0.2, 0.25) is 10.0 Å². The molecule has 0 aromatic heterocycles. The van der Waals surface area contributed by atoms with Gasteiger partial charge in [-0.15, -0.1) is 0 Å². The maximum atomic E-state index is 12.5. The minimum absolute atomic E-state index is 0.0538. The van der Waals surface area contributed by atoms with Crippen LogP contribution in [0.1, 0.15) is 30.4 Å². The lowest BCUT2D eigenvalue weighted by Crippen LogP contribution is -2.47. The van der Waals surface area contributed by atoms with Crippen molar-refractivity contribution in [3.63, 3.8) is 0 Å². The summed E-state index contributed by atoms with van der Waals surface area (Å²) in [6, 6.07) is 15.3. The first-order chi connectivity index (χ1) is 13.5. The molecule has 3 rings (SSSR count). The van der Waals surface area contributed by atoms with Gasteiger partial charge in [-0.05, 0) is 42.5 Å². The Morgan fingerprint density at radius 3 is 2.43 bits per heavy atom. The van der Waals surface area contributed by atoms with E-state index in [0.717, 1.165) is 24.8 Å². The van der Waals surface area contributed by atoms with Gasteiger partial charge >= 0.3 is 0 Å². The highest BCUT2D eigenvalue weighted by Gasteiger charge is 2.24. The van der Waals surface area contributed by atoms with Crippen molar-refractivity contribution in [3.05, 3.63) is 69.7 Å². The Labute approximate surface area is 175 Å². The number of likely N-dealkylation sites (tertiary alicyclic amines) is 1. The zero-order chi connectivity index (χ0) is 19.9. The molecular weight excluding hydrogens is 395 g/mol. The predicted octanol–water partition coefficient (Wildman–Crippen LogP) is 4.28. The third kappa shape index (κ3) is 5.98. The standard InChI is InChI=1S/C22H24Cl2N2O2/c23-18-8-7-17(20(24)15-18)14-22(28)26-12-10-19(11-13-26)25-21(27)9-6-16-4-2-1-3-5-16/h1-5,7-8,15,19H,6,9-14H2,(H,25,27). The lowest BCUT2D eigenvalue weighted by molar-refractivity contribution is -0.131. The highest BCUT2D eigenvalue weighted by molar-refractivity contribution is 6.35. The van der Waals surface area contributed by atoms with Crippen LogP contribution < -0.4 is 5.32 Å². The van der Waals surface area contributed by atoms with Gasteiger partial charge in [-0.25, -0.2) is 0 Å². The number of piperidine rings is 1. The molecule has 1 saturated heterocycles. The van der Waals surface area contributed by atoms with E-state index in [-0.39, 0.29) is 24.3 Å². The molecule has 0 saturated carbocycles. The molecule has 1 aliphatic heterocycles. The molecule has 28 heavy (non-hydrogen) atoms. The van der Waals surface area contributed by atoms with E-state index in [1.54, 1.807) is 18.2 Å². The van der Waals surface area contributed by atoms with Crippen LogP contribution in [-0.4, -0.2) is 35.8 Å². The third-order valence-electron chi connectivity index (χ3n) is 5.05. The van der Waals surface area contributed by atoms with E-state index < -0.39 is 0 Å². The summed E-state index contributed by atoms with van der Waals surface area (Å²) in [4.78, 5) is 26.6. The monoisotopic (exact) mass is 418 g/mol. The van der Waals surface area contributed by atoms with Crippen LogP contribution in [0.25, 0.3) is 0 Å². The first kappa shape index (κ1) is 20.7. The van der Waals surface area contributed by atoms with Crippen molar-refractivity contribution in [1.29, 1.82) is 0 Å². The van der Waals surface area contributed by atoms with E-state index in [1.807, 2.05) is 35.2 Å². The number of hydrogen-bond donors (Lipinski definition) is 1. The number of nitrogens with one attached hydrogen (secondary N) is 1. The van der Waals surface area contributed by atoms with Gasteiger partial charge < -0.3 is 10.2 Å². The fourth-order valence-corrected chi connectivity index (χ4v) is 3.89. The number of aryl methyl sites for hydroxylation is 1. The zero-order valence-corrected chi connectivity index (χ0v) is 17.2. The molecule has 1 heterocycles. The molecule has 2 aromatic rings. The highest BCUT2D eigenvalue weighted by Crippen LogP contribution is 2.22. The molecule has 1 fully saturated rings. The second kappa shape index (κ2) is 9.94. The van der Waals surface area contributed by atoms with Gasteiger partial charge in [-0.1, -0.05) is 59.6 Å². The van der Waals surface area contributed by atoms with Crippen molar-refractivity contribution in [3.8, 4) is 0 Å². The summed E-state index contributed by atoms with van der Waals surface area (Å²) in [5, 5.41) is 4.18. The van der Waals surface area contributed by atoms with E-state index in [0.29, 0.717) is 29.6 Å². The van der Waals surface area contributed by atoms with Gasteiger partial charge in [0.15, 0.2) is 0 Å². The Kier molecular flexibility index (Phi) is 7.35. The molecular formula is C22H24Cl2N2O2. The molecule has 0 spiro atoms. The van der Waals surface area contributed by atoms with Crippen molar-refractivity contribution in [1.82, 2.24) is 10.2 Å². The van der Waals surface area contributed by atoms with Gasteiger partial charge in [0.1, 0.15) is 0 Å². The Morgan fingerprint density at radius 2 is 1.75 bits per heavy atom. The van der Waals surface area contributed by atoms with Crippen molar-refractivity contribution < 1.29 is 9.59 Å². The number of halogens is 2. The number of hydrogen-bond acceptors (Lipinski definition) is 2. The van der Waals surface area contributed by atoms with E-state index in [4.69, 9.17) is 23.2 Å². The van der Waals surface area contributed by atoms with Gasteiger partial charge in [0.05, 0.1) is 6.42 Å².